The molecule has 1 aliphatic heterocycles. The Balaban J connectivity index is 1.93. The maximum absolute atomic E-state index is 12.5. The largest absolute Gasteiger partial charge is 0.294 e. The van der Waals surface area contributed by atoms with Crippen molar-refractivity contribution in [1.82, 2.24) is 4.90 Å². The highest BCUT2D eigenvalue weighted by molar-refractivity contribution is 5.97. The lowest BCUT2D eigenvalue weighted by Gasteiger charge is -2.29. The molecule has 1 saturated heterocycles. The van der Waals surface area contributed by atoms with E-state index in [1.54, 1.807) is 0 Å². The van der Waals surface area contributed by atoms with Crippen LogP contribution in [0.4, 0.5) is 0 Å². The van der Waals surface area contributed by atoms with Gasteiger partial charge in [-0.25, -0.2) is 0 Å². The van der Waals surface area contributed by atoms with Gasteiger partial charge in [-0.15, -0.1) is 0 Å². The Morgan fingerprint density at radius 1 is 1.29 bits per heavy atom. The third-order valence-corrected chi connectivity index (χ3v) is 4.14. The van der Waals surface area contributed by atoms with Crippen LogP contribution in [0.3, 0.4) is 0 Å². The zero-order valence-corrected chi connectivity index (χ0v) is 13.0. The summed E-state index contributed by atoms with van der Waals surface area (Å²) < 4.78 is 0. The van der Waals surface area contributed by atoms with Crippen LogP contribution in [0.5, 0.6) is 0 Å². The van der Waals surface area contributed by atoms with Crippen LogP contribution < -0.4 is 0 Å². The molecule has 0 atom stereocenters. The molecular formula is C18H24N2O. The molecule has 0 unspecified atom stereocenters. The SMILES string of the molecule is CC(C)Cc1ccc(C(=O)C2CCN(CC#N)CC2)cc1. The predicted molar refractivity (Wildman–Crippen MR) is 84.1 cm³/mol. The molecule has 1 fully saturated rings. The minimum atomic E-state index is 0.121. The van der Waals surface area contributed by atoms with Crippen molar-refractivity contribution in [1.29, 1.82) is 5.26 Å². The maximum Gasteiger partial charge on any atom is 0.166 e. The fourth-order valence-electron chi connectivity index (χ4n) is 2.97. The van der Waals surface area contributed by atoms with E-state index in [0.29, 0.717) is 12.5 Å². The molecule has 0 saturated carbocycles. The highest BCUT2D eigenvalue weighted by Gasteiger charge is 2.25. The lowest BCUT2D eigenvalue weighted by Crippen LogP contribution is -2.36. The first kappa shape index (κ1) is 15.7. The first-order chi connectivity index (χ1) is 10.1. The summed E-state index contributed by atoms with van der Waals surface area (Å²) in [6.07, 6.45) is 2.80. The summed E-state index contributed by atoms with van der Waals surface area (Å²) in [6.45, 7) is 6.60. The van der Waals surface area contributed by atoms with E-state index < -0.39 is 0 Å². The molecule has 0 aliphatic carbocycles. The zero-order chi connectivity index (χ0) is 15.2. The van der Waals surface area contributed by atoms with E-state index in [9.17, 15) is 4.79 Å². The van der Waals surface area contributed by atoms with E-state index in [-0.39, 0.29) is 11.7 Å². The van der Waals surface area contributed by atoms with E-state index in [2.05, 4.69) is 36.9 Å². The molecule has 0 bridgehead atoms. The van der Waals surface area contributed by atoms with Gasteiger partial charge in [0.15, 0.2) is 5.78 Å². The fraction of sp³-hybridized carbons (Fsp3) is 0.556. The summed E-state index contributed by atoms with van der Waals surface area (Å²) >= 11 is 0. The Labute approximate surface area is 127 Å². The lowest BCUT2D eigenvalue weighted by molar-refractivity contribution is 0.0849. The number of piperidine rings is 1. The van der Waals surface area contributed by atoms with Gasteiger partial charge in [0.25, 0.3) is 0 Å². The van der Waals surface area contributed by atoms with E-state index >= 15 is 0 Å². The molecule has 112 valence electrons. The van der Waals surface area contributed by atoms with Crippen molar-refractivity contribution < 1.29 is 4.79 Å². The fourth-order valence-corrected chi connectivity index (χ4v) is 2.97. The van der Waals surface area contributed by atoms with Crippen molar-refractivity contribution >= 4 is 5.78 Å². The molecule has 0 amide bonds. The molecule has 3 heteroatoms. The van der Waals surface area contributed by atoms with Crippen LogP contribution in [0.15, 0.2) is 24.3 Å². The second-order valence-electron chi connectivity index (χ2n) is 6.37. The molecule has 1 aromatic rings. The first-order valence-corrected chi connectivity index (χ1v) is 7.82. The molecule has 0 spiro atoms. The van der Waals surface area contributed by atoms with Crippen LogP contribution in [-0.4, -0.2) is 30.3 Å². The average molecular weight is 284 g/mol. The minimum Gasteiger partial charge on any atom is -0.294 e. The van der Waals surface area contributed by atoms with Crippen LogP contribution in [0.1, 0.15) is 42.6 Å². The first-order valence-electron chi connectivity index (χ1n) is 7.82. The van der Waals surface area contributed by atoms with Gasteiger partial charge in [0, 0.05) is 11.5 Å². The maximum atomic E-state index is 12.5. The summed E-state index contributed by atoms with van der Waals surface area (Å²) in [5, 5.41) is 8.70. The second-order valence-corrected chi connectivity index (χ2v) is 6.37. The summed E-state index contributed by atoms with van der Waals surface area (Å²) in [5.41, 5.74) is 2.13. The molecule has 3 nitrogen and oxygen atoms in total. The van der Waals surface area contributed by atoms with Crippen molar-refractivity contribution in [3.05, 3.63) is 35.4 Å². The number of benzene rings is 1. The number of ketones is 1. The van der Waals surface area contributed by atoms with Gasteiger partial charge < -0.3 is 0 Å². The van der Waals surface area contributed by atoms with Gasteiger partial charge in [-0.2, -0.15) is 5.26 Å². The van der Waals surface area contributed by atoms with E-state index in [0.717, 1.165) is 37.9 Å². The average Bonchev–Trinajstić information content (AvgIpc) is 2.48. The molecule has 1 heterocycles. The smallest absolute Gasteiger partial charge is 0.166 e. The third-order valence-electron chi connectivity index (χ3n) is 4.14. The van der Waals surface area contributed by atoms with E-state index in [1.165, 1.54) is 5.56 Å². The monoisotopic (exact) mass is 284 g/mol. The van der Waals surface area contributed by atoms with Gasteiger partial charge in [0.2, 0.25) is 0 Å². The zero-order valence-electron chi connectivity index (χ0n) is 13.0. The topological polar surface area (TPSA) is 44.1 Å². The van der Waals surface area contributed by atoms with Gasteiger partial charge in [0.05, 0.1) is 12.6 Å². The van der Waals surface area contributed by atoms with E-state index in [1.807, 2.05) is 12.1 Å². The minimum absolute atomic E-state index is 0.121. The number of carbonyl (C=O) groups excluding carboxylic acids is 1. The van der Waals surface area contributed by atoms with Crippen LogP contribution in [0.25, 0.3) is 0 Å². The predicted octanol–water partition coefficient (Wildman–Crippen LogP) is 3.30. The summed E-state index contributed by atoms with van der Waals surface area (Å²) in [5.74, 6) is 1.02. The molecule has 1 aromatic carbocycles. The number of hydrogen-bond donors (Lipinski definition) is 0. The molecule has 0 N–H and O–H groups in total. The normalized spacial score (nSPS) is 16.9. The van der Waals surface area contributed by atoms with Gasteiger partial charge in [-0.3, -0.25) is 9.69 Å². The van der Waals surface area contributed by atoms with Gasteiger partial charge in [0.1, 0.15) is 0 Å². The van der Waals surface area contributed by atoms with Crippen LogP contribution in [0.2, 0.25) is 0 Å². The number of nitrogens with zero attached hydrogens (tertiary/aromatic N) is 2. The number of likely N-dealkylation sites (tertiary alicyclic amines) is 1. The molecular weight excluding hydrogens is 260 g/mol. The molecule has 2 rings (SSSR count). The van der Waals surface area contributed by atoms with Crippen LogP contribution in [0, 0.1) is 23.2 Å². The Bertz CT molecular complexity index is 505. The Hall–Kier alpha value is -1.66. The van der Waals surface area contributed by atoms with Crippen molar-refractivity contribution in [3.63, 3.8) is 0 Å². The summed E-state index contributed by atoms with van der Waals surface area (Å²) in [7, 11) is 0. The second kappa shape index (κ2) is 7.38. The number of carbonyl (C=O) groups is 1. The third kappa shape index (κ3) is 4.41. The van der Waals surface area contributed by atoms with E-state index in [4.69, 9.17) is 5.26 Å². The highest BCUT2D eigenvalue weighted by Crippen LogP contribution is 2.22. The van der Waals surface area contributed by atoms with Gasteiger partial charge in [-0.05, 0) is 43.8 Å². The molecule has 0 radical (unpaired) electrons. The Morgan fingerprint density at radius 2 is 1.90 bits per heavy atom. The molecule has 21 heavy (non-hydrogen) atoms. The van der Waals surface area contributed by atoms with Gasteiger partial charge in [-0.1, -0.05) is 38.1 Å². The van der Waals surface area contributed by atoms with Crippen molar-refractivity contribution in [2.45, 2.75) is 33.1 Å². The number of rotatable bonds is 5. The highest BCUT2D eigenvalue weighted by atomic mass is 16.1. The van der Waals surface area contributed by atoms with Crippen LogP contribution >= 0.6 is 0 Å². The van der Waals surface area contributed by atoms with Crippen molar-refractivity contribution in [2.24, 2.45) is 11.8 Å². The number of Topliss-reactive ketones (excluding diaryl/α,β-unsaturated/α-hetero) is 1. The quantitative estimate of drug-likeness (QED) is 0.615. The summed E-state index contributed by atoms with van der Waals surface area (Å²) in [4.78, 5) is 14.6. The van der Waals surface area contributed by atoms with Crippen LogP contribution in [-0.2, 0) is 6.42 Å². The molecule has 1 aliphatic rings. The standard InChI is InChI=1S/C18H24N2O/c1-14(2)13-15-3-5-16(6-4-15)18(21)17-7-10-20(11-8-17)12-9-19/h3-6,14,17H,7-8,10-13H2,1-2H3. The Kier molecular flexibility index (Phi) is 5.52. The summed E-state index contributed by atoms with van der Waals surface area (Å²) in [6, 6.07) is 10.3. The van der Waals surface area contributed by atoms with Crippen molar-refractivity contribution in [3.8, 4) is 6.07 Å². The Morgan fingerprint density at radius 3 is 2.43 bits per heavy atom. The lowest BCUT2D eigenvalue weighted by atomic mass is 9.88. The number of hydrogen-bond acceptors (Lipinski definition) is 3. The number of nitriles is 1. The van der Waals surface area contributed by atoms with Gasteiger partial charge >= 0.3 is 0 Å². The molecule has 0 aromatic heterocycles. The van der Waals surface area contributed by atoms with Crippen molar-refractivity contribution in [2.75, 3.05) is 19.6 Å².